The molecule has 0 bridgehead atoms. The van der Waals surface area contributed by atoms with Crippen molar-refractivity contribution in [1.82, 2.24) is 19.3 Å². The Hall–Kier alpha value is -4.64. The van der Waals surface area contributed by atoms with E-state index in [1.165, 1.54) is 50.8 Å². The number of benzene rings is 3. The average Bonchev–Trinajstić information content (AvgIpc) is 3.64. The number of aromatic nitrogens is 4. The van der Waals surface area contributed by atoms with E-state index in [1.54, 1.807) is 0 Å². The quantitative estimate of drug-likeness (QED) is 0.149. The van der Waals surface area contributed by atoms with Gasteiger partial charge in [-0.1, -0.05) is 98.6 Å². The lowest BCUT2D eigenvalue weighted by molar-refractivity contribution is 0.436. The van der Waals surface area contributed by atoms with E-state index in [0.717, 1.165) is 59.7 Å². The van der Waals surface area contributed by atoms with Crippen molar-refractivity contribution in [1.29, 1.82) is 0 Å². The summed E-state index contributed by atoms with van der Waals surface area (Å²) < 4.78 is 11.4. The predicted octanol–water partition coefficient (Wildman–Crippen LogP) is 12.7. The number of ether oxygens (including phenoxy) is 1. The molecule has 0 saturated carbocycles. The molecule has 0 N–H and O–H groups in total. The molecule has 3 aromatic carbocycles. The van der Waals surface area contributed by atoms with Crippen molar-refractivity contribution in [3.05, 3.63) is 119 Å². The molecule has 7 rings (SSSR count). The molecule has 3 heterocycles. The number of hydrogen-bond acceptors (Lipinski definition) is 3. The van der Waals surface area contributed by atoms with E-state index < -0.39 is 0 Å². The Morgan fingerprint density at radius 1 is 0.827 bits per heavy atom. The number of nitrogens with zero attached hydrogens (tertiary/aromatic N) is 4. The number of aryl methyl sites for hydroxylation is 2. The Bertz CT molecular complexity index is 2290. The van der Waals surface area contributed by atoms with Gasteiger partial charge in [-0.25, -0.2) is 9.67 Å². The SMILES string of the molecule is CCCc1ccnc(-n2c3ccccc3c3ccc(Oc4cc(-n5nc(CC)c(C6C(C)=CCC[C@@H]6C)c5C(C)(C)C)cc(C(C)(C)C)c4)cc32)c1. The van der Waals surface area contributed by atoms with Crippen molar-refractivity contribution >= 4 is 21.8 Å². The molecule has 0 fully saturated rings. The number of para-hydroxylation sites is 1. The third-order valence-corrected chi connectivity index (χ3v) is 11.0. The first kappa shape index (κ1) is 35.7. The first-order chi connectivity index (χ1) is 24.8. The van der Waals surface area contributed by atoms with Gasteiger partial charge in [-0.3, -0.25) is 4.57 Å². The van der Waals surface area contributed by atoms with Crippen LogP contribution < -0.4 is 4.74 Å². The number of pyridine rings is 1. The monoisotopic (exact) mass is 692 g/mol. The zero-order valence-electron chi connectivity index (χ0n) is 33.0. The summed E-state index contributed by atoms with van der Waals surface area (Å²) in [6, 6.07) is 26.1. The molecule has 5 nitrogen and oxygen atoms in total. The fourth-order valence-corrected chi connectivity index (χ4v) is 8.42. The van der Waals surface area contributed by atoms with Crippen molar-refractivity contribution in [3.8, 4) is 23.0 Å². The number of rotatable bonds is 8. The fourth-order valence-electron chi connectivity index (χ4n) is 8.42. The van der Waals surface area contributed by atoms with Crippen LogP contribution in [0.1, 0.15) is 122 Å². The van der Waals surface area contributed by atoms with Crippen molar-refractivity contribution in [2.24, 2.45) is 5.92 Å². The van der Waals surface area contributed by atoms with E-state index in [2.05, 4.69) is 157 Å². The Balaban J connectivity index is 1.38. The molecule has 1 aliphatic rings. The molecule has 5 heteroatoms. The molecule has 1 unspecified atom stereocenters. The summed E-state index contributed by atoms with van der Waals surface area (Å²) in [7, 11) is 0. The maximum absolute atomic E-state index is 6.89. The highest BCUT2D eigenvalue weighted by Crippen LogP contribution is 2.45. The van der Waals surface area contributed by atoms with E-state index in [9.17, 15) is 0 Å². The number of hydrogen-bond donors (Lipinski definition) is 0. The van der Waals surface area contributed by atoms with E-state index in [4.69, 9.17) is 14.8 Å². The summed E-state index contributed by atoms with van der Waals surface area (Å²) in [6.45, 7) is 23.0. The first-order valence-corrected chi connectivity index (χ1v) is 19.4. The Morgan fingerprint density at radius 2 is 1.60 bits per heavy atom. The van der Waals surface area contributed by atoms with Gasteiger partial charge in [-0.2, -0.15) is 5.10 Å². The molecule has 0 amide bonds. The molecular formula is C47H56N4O. The zero-order chi connectivity index (χ0) is 36.9. The van der Waals surface area contributed by atoms with Crippen LogP contribution in [0, 0.1) is 5.92 Å². The second-order valence-electron chi connectivity index (χ2n) is 17.1. The minimum atomic E-state index is -0.118. The van der Waals surface area contributed by atoms with Gasteiger partial charge in [0, 0.05) is 46.0 Å². The molecule has 2 atom stereocenters. The highest BCUT2D eigenvalue weighted by Gasteiger charge is 2.36. The summed E-state index contributed by atoms with van der Waals surface area (Å²) in [6.07, 6.45) is 9.77. The van der Waals surface area contributed by atoms with Gasteiger partial charge in [0.05, 0.1) is 28.1 Å². The Kier molecular flexibility index (Phi) is 9.44. The molecule has 0 spiro atoms. The Labute approximate surface area is 310 Å². The summed E-state index contributed by atoms with van der Waals surface area (Å²) in [5, 5.41) is 7.82. The summed E-state index contributed by atoms with van der Waals surface area (Å²) >= 11 is 0. The van der Waals surface area contributed by atoms with Gasteiger partial charge in [0.25, 0.3) is 0 Å². The predicted molar refractivity (Wildman–Crippen MR) is 218 cm³/mol. The molecule has 0 aliphatic heterocycles. The Morgan fingerprint density at radius 3 is 2.31 bits per heavy atom. The number of allylic oxidation sites excluding steroid dienone is 2. The van der Waals surface area contributed by atoms with Gasteiger partial charge in [0.2, 0.25) is 0 Å². The molecule has 3 aromatic heterocycles. The van der Waals surface area contributed by atoms with Gasteiger partial charge < -0.3 is 4.74 Å². The van der Waals surface area contributed by atoms with Crippen molar-refractivity contribution < 1.29 is 4.74 Å². The summed E-state index contributed by atoms with van der Waals surface area (Å²) in [5.74, 6) is 3.48. The van der Waals surface area contributed by atoms with Gasteiger partial charge in [0.15, 0.2) is 0 Å². The third-order valence-electron chi connectivity index (χ3n) is 11.0. The molecule has 0 radical (unpaired) electrons. The number of fused-ring (bicyclic) bond motifs is 3. The molecule has 6 aromatic rings. The van der Waals surface area contributed by atoms with E-state index in [0.29, 0.717) is 11.8 Å². The van der Waals surface area contributed by atoms with Gasteiger partial charge in [-0.15, -0.1) is 0 Å². The molecule has 1 aliphatic carbocycles. The van der Waals surface area contributed by atoms with Crippen molar-refractivity contribution in [3.63, 3.8) is 0 Å². The van der Waals surface area contributed by atoms with Crippen LogP contribution in [0.5, 0.6) is 11.5 Å². The highest BCUT2D eigenvalue weighted by atomic mass is 16.5. The highest BCUT2D eigenvalue weighted by molar-refractivity contribution is 6.09. The normalized spacial score (nSPS) is 16.8. The minimum Gasteiger partial charge on any atom is -0.457 e. The lowest BCUT2D eigenvalue weighted by atomic mass is 9.72. The van der Waals surface area contributed by atoms with Crippen LogP contribution in [0.25, 0.3) is 33.3 Å². The van der Waals surface area contributed by atoms with E-state index in [-0.39, 0.29) is 10.8 Å². The smallest absolute Gasteiger partial charge is 0.137 e. The van der Waals surface area contributed by atoms with Crippen LogP contribution in [0.4, 0.5) is 0 Å². The molecule has 270 valence electrons. The second kappa shape index (κ2) is 13.7. The van der Waals surface area contributed by atoms with E-state index in [1.807, 2.05) is 6.20 Å². The van der Waals surface area contributed by atoms with Crippen molar-refractivity contribution in [2.75, 3.05) is 0 Å². The minimum absolute atomic E-state index is 0.0949. The molecular weight excluding hydrogens is 637 g/mol. The lowest BCUT2D eigenvalue weighted by Crippen LogP contribution is -2.24. The van der Waals surface area contributed by atoms with Crippen LogP contribution in [0.3, 0.4) is 0 Å². The lowest BCUT2D eigenvalue weighted by Gasteiger charge is -2.33. The first-order valence-electron chi connectivity index (χ1n) is 19.4. The average molecular weight is 693 g/mol. The maximum Gasteiger partial charge on any atom is 0.137 e. The molecule has 52 heavy (non-hydrogen) atoms. The summed E-state index contributed by atoms with van der Waals surface area (Å²) in [5.41, 5.74) is 11.0. The topological polar surface area (TPSA) is 44.9 Å². The van der Waals surface area contributed by atoms with Crippen LogP contribution in [0.2, 0.25) is 0 Å². The fraction of sp³-hybridized carbons (Fsp3) is 0.404. The summed E-state index contributed by atoms with van der Waals surface area (Å²) in [4.78, 5) is 4.86. The molecule has 0 saturated heterocycles. The van der Waals surface area contributed by atoms with Gasteiger partial charge in [0.1, 0.15) is 17.3 Å². The van der Waals surface area contributed by atoms with Crippen LogP contribution >= 0.6 is 0 Å². The van der Waals surface area contributed by atoms with Gasteiger partial charge >= 0.3 is 0 Å². The second-order valence-corrected chi connectivity index (χ2v) is 17.1. The van der Waals surface area contributed by atoms with Crippen LogP contribution in [-0.4, -0.2) is 19.3 Å². The van der Waals surface area contributed by atoms with Crippen LogP contribution in [0.15, 0.2) is 90.6 Å². The van der Waals surface area contributed by atoms with E-state index >= 15 is 0 Å². The standard InChI is InChI=1S/C47H56N4O/c1-11-16-32-23-24-48-42(25-32)50-40-20-14-13-19-37(40)38-22-21-35(29-41(38)50)52-36-27-33(46(5,6)7)26-34(28-36)51-45(47(8,9)10)44(39(12-2)49-51)43-30(3)17-15-18-31(43)4/h13-14,17,19-29,31,43H,11-12,15-16,18H2,1-10H3/t31-,43?/m0/s1. The largest absolute Gasteiger partial charge is 0.457 e. The maximum atomic E-state index is 6.89. The van der Waals surface area contributed by atoms with Crippen LogP contribution in [-0.2, 0) is 23.7 Å². The zero-order valence-corrected chi connectivity index (χ0v) is 33.0. The third kappa shape index (κ3) is 6.59. The van der Waals surface area contributed by atoms with Crippen molar-refractivity contribution in [2.45, 2.75) is 118 Å². The van der Waals surface area contributed by atoms with Gasteiger partial charge in [-0.05, 0) is 97.5 Å².